The molecule has 0 saturated carbocycles. The van der Waals surface area contributed by atoms with Crippen molar-refractivity contribution in [2.75, 3.05) is 0 Å². The van der Waals surface area contributed by atoms with Crippen LogP contribution in [0.3, 0.4) is 0 Å². The summed E-state index contributed by atoms with van der Waals surface area (Å²) in [6.45, 7) is 5.91. The van der Waals surface area contributed by atoms with Gasteiger partial charge in [-0.2, -0.15) is 0 Å². The van der Waals surface area contributed by atoms with E-state index in [9.17, 15) is 4.79 Å². The third-order valence-electron chi connectivity index (χ3n) is 4.39. The first-order valence-corrected chi connectivity index (χ1v) is 9.77. The molecular weight excluding hydrogens is 380 g/mol. The van der Waals surface area contributed by atoms with Gasteiger partial charge >= 0.3 is 0 Å². The van der Waals surface area contributed by atoms with E-state index in [1.54, 1.807) is 16.7 Å². The summed E-state index contributed by atoms with van der Waals surface area (Å²) in [5.41, 5.74) is 3.85. The number of fused-ring (bicyclic) bond motifs is 1. The van der Waals surface area contributed by atoms with E-state index in [-0.39, 0.29) is 16.8 Å². The van der Waals surface area contributed by atoms with Gasteiger partial charge in [0.1, 0.15) is 0 Å². The van der Waals surface area contributed by atoms with Crippen molar-refractivity contribution in [1.82, 2.24) is 19.4 Å². The largest absolute Gasteiger partial charge is 0.269 e. The van der Waals surface area contributed by atoms with E-state index in [0.29, 0.717) is 10.7 Å². The highest BCUT2D eigenvalue weighted by Gasteiger charge is 2.22. The summed E-state index contributed by atoms with van der Waals surface area (Å²) in [7, 11) is 0. The SMILES string of the molecule is Cc1nc2sc(-c3ccnc(Cl)n3)c(-c3ccccc3)n2c(=O)c1C(C)C. The summed E-state index contributed by atoms with van der Waals surface area (Å²) in [5.74, 6) is 0.0855. The van der Waals surface area contributed by atoms with Crippen LogP contribution in [0.1, 0.15) is 31.0 Å². The molecule has 4 aromatic rings. The van der Waals surface area contributed by atoms with Crippen molar-refractivity contribution in [3.05, 3.63) is 69.5 Å². The van der Waals surface area contributed by atoms with Crippen molar-refractivity contribution in [1.29, 1.82) is 0 Å². The van der Waals surface area contributed by atoms with Gasteiger partial charge in [-0.3, -0.25) is 4.79 Å². The zero-order valence-corrected chi connectivity index (χ0v) is 16.7. The van der Waals surface area contributed by atoms with Crippen LogP contribution in [0, 0.1) is 6.92 Å². The quantitative estimate of drug-likeness (QED) is 0.459. The molecular formula is C20H17ClN4OS. The molecule has 0 aliphatic heterocycles. The second-order valence-corrected chi connectivity index (χ2v) is 7.86. The first-order valence-electron chi connectivity index (χ1n) is 8.57. The maximum absolute atomic E-state index is 13.4. The Balaban J connectivity index is 2.16. The number of aryl methyl sites for hydroxylation is 1. The van der Waals surface area contributed by atoms with Crippen LogP contribution in [0.2, 0.25) is 5.28 Å². The molecule has 27 heavy (non-hydrogen) atoms. The summed E-state index contributed by atoms with van der Waals surface area (Å²) in [6.07, 6.45) is 1.62. The molecule has 4 rings (SSSR count). The fourth-order valence-electron chi connectivity index (χ4n) is 3.28. The van der Waals surface area contributed by atoms with E-state index < -0.39 is 0 Å². The Kier molecular flexibility index (Phi) is 4.53. The number of hydrogen-bond acceptors (Lipinski definition) is 5. The van der Waals surface area contributed by atoms with Crippen LogP contribution in [0.15, 0.2) is 47.4 Å². The first kappa shape index (κ1) is 17.8. The lowest BCUT2D eigenvalue weighted by Gasteiger charge is -2.10. The lowest BCUT2D eigenvalue weighted by atomic mass is 10.0. The number of nitrogens with zero attached hydrogens (tertiary/aromatic N) is 4. The minimum absolute atomic E-state index is 0.0333. The van der Waals surface area contributed by atoms with E-state index in [0.717, 1.165) is 27.4 Å². The maximum atomic E-state index is 13.4. The molecule has 7 heteroatoms. The standard InChI is InChI=1S/C20H17ClN4OS/c1-11(2)15-12(3)23-20-25(18(15)26)16(13-7-5-4-6-8-13)17(27-20)14-9-10-22-19(21)24-14/h4-11H,1-3H3. The third kappa shape index (κ3) is 3.05. The zero-order valence-electron chi connectivity index (χ0n) is 15.1. The molecule has 1 aromatic carbocycles. The normalized spacial score (nSPS) is 11.4. The van der Waals surface area contributed by atoms with E-state index >= 15 is 0 Å². The van der Waals surface area contributed by atoms with Crippen molar-refractivity contribution in [2.45, 2.75) is 26.7 Å². The van der Waals surface area contributed by atoms with Gasteiger partial charge < -0.3 is 0 Å². The Morgan fingerprint density at radius 2 is 1.85 bits per heavy atom. The summed E-state index contributed by atoms with van der Waals surface area (Å²) < 4.78 is 1.70. The number of thiazole rings is 1. The van der Waals surface area contributed by atoms with Gasteiger partial charge in [0.15, 0.2) is 4.96 Å². The van der Waals surface area contributed by atoms with Gasteiger partial charge in [-0.1, -0.05) is 55.5 Å². The summed E-state index contributed by atoms with van der Waals surface area (Å²) in [4.78, 5) is 27.9. The molecule has 3 aromatic heterocycles. The van der Waals surface area contributed by atoms with E-state index in [1.165, 1.54) is 11.3 Å². The Morgan fingerprint density at radius 3 is 2.52 bits per heavy atom. The van der Waals surface area contributed by atoms with Crippen LogP contribution in [-0.2, 0) is 0 Å². The topological polar surface area (TPSA) is 60.1 Å². The van der Waals surface area contributed by atoms with E-state index in [1.807, 2.05) is 51.1 Å². The van der Waals surface area contributed by atoms with Crippen LogP contribution < -0.4 is 5.56 Å². The molecule has 3 heterocycles. The Morgan fingerprint density at radius 1 is 1.11 bits per heavy atom. The fourth-order valence-corrected chi connectivity index (χ4v) is 4.58. The lowest BCUT2D eigenvalue weighted by molar-refractivity contribution is 0.811. The number of aromatic nitrogens is 4. The summed E-state index contributed by atoms with van der Waals surface area (Å²) in [5, 5.41) is 0.170. The number of benzene rings is 1. The highest BCUT2D eigenvalue weighted by molar-refractivity contribution is 7.20. The molecule has 0 unspecified atom stereocenters. The number of rotatable bonds is 3. The van der Waals surface area contributed by atoms with E-state index in [2.05, 4.69) is 9.97 Å². The van der Waals surface area contributed by atoms with Crippen molar-refractivity contribution < 1.29 is 0 Å². The van der Waals surface area contributed by atoms with Crippen LogP contribution in [-0.4, -0.2) is 19.4 Å². The van der Waals surface area contributed by atoms with Gasteiger partial charge in [0.25, 0.3) is 5.56 Å². The second kappa shape index (κ2) is 6.87. The monoisotopic (exact) mass is 396 g/mol. The minimum Gasteiger partial charge on any atom is -0.269 e. The van der Waals surface area contributed by atoms with Gasteiger partial charge in [0.05, 0.1) is 16.3 Å². The first-order chi connectivity index (χ1) is 13.0. The highest BCUT2D eigenvalue weighted by Crippen LogP contribution is 2.38. The number of hydrogen-bond donors (Lipinski definition) is 0. The van der Waals surface area contributed by atoms with Gasteiger partial charge in [-0.25, -0.2) is 19.4 Å². The lowest BCUT2D eigenvalue weighted by Crippen LogP contribution is -2.22. The minimum atomic E-state index is -0.0333. The smallest absolute Gasteiger partial charge is 0.262 e. The van der Waals surface area contributed by atoms with Crippen molar-refractivity contribution >= 4 is 27.9 Å². The summed E-state index contributed by atoms with van der Waals surface area (Å²) in [6, 6.07) is 11.6. The zero-order chi connectivity index (χ0) is 19.1. The molecule has 0 aliphatic carbocycles. The molecule has 0 bridgehead atoms. The number of halogens is 1. The molecule has 0 fully saturated rings. The average Bonchev–Trinajstić information content (AvgIpc) is 3.01. The Bertz CT molecular complexity index is 1200. The van der Waals surface area contributed by atoms with Crippen molar-refractivity contribution in [2.24, 2.45) is 0 Å². The van der Waals surface area contributed by atoms with Crippen molar-refractivity contribution in [3.8, 4) is 21.8 Å². The molecule has 136 valence electrons. The van der Waals surface area contributed by atoms with Crippen molar-refractivity contribution in [3.63, 3.8) is 0 Å². The van der Waals surface area contributed by atoms with Gasteiger partial charge in [0.2, 0.25) is 5.28 Å². The predicted molar refractivity (Wildman–Crippen MR) is 110 cm³/mol. The molecule has 0 spiro atoms. The highest BCUT2D eigenvalue weighted by atomic mass is 35.5. The van der Waals surface area contributed by atoms with Gasteiger partial charge in [-0.05, 0) is 30.5 Å². The average molecular weight is 397 g/mol. The maximum Gasteiger partial charge on any atom is 0.262 e. The molecule has 0 radical (unpaired) electrons. The third-order valence-corrected chi connectivity index (χ3v) is 5.64. The predicted octanol–water partition coefficient (Wildman–Crippen LogP) is 4.97. The molecule has 0 aliphatic rings. The molecule has 0 saturated heterocycles. The molecule has 0 atom stereocenters. The fraction of sp³-hybridized carbons (Fsp3) is 0.200. The Labute approximate surface area is 165 Å². The summed E-state index contributed by atoms with van der Waals surface area (Å²) >= 11 is 7.45. The molecule has 0 amide bonds. The Hall–Kier alpha value is -2.57. The second-order valence-electron chi connectivity index (χ2n) is 6.55. The van der Waals surface area contributed by atoms with Gasteiger partial charge in [-0.15, -0.1) is 0 Å². The molecule has 5 nitrogen and oxygen atoms in total. The van der Waals surface area contributed by atoms with Crippen LogP contribution in [0.5, 0.6) is 0 Å². The molecule has 0 N–H and O–H groups in total. The van der Waals surface area contributed by atoms with Gasteiger partial charge in [0, 0.05) is 23.0 Å². The van der Waals surface area contributed by atoms with Crippen LogP contribution in [0.4, 0.5) is 0 Å². The van der Waals surface area contributed by atoms with E-state index in [4.69, 9.17) is 16.6 Å². The van der Waals surface area contributed by atoms with Crippen LogP contribution >= 0.6 is 22.9 Å². The van der Waals surface area contributed by atoms with Crippen LogP contribution in [0.25, 0.3) is 26.8 Å².